The first kappa shape index (κ1) is 8.53. The molecular formula is C8H15NO2. The Hall–Kier alpha value is -0.570. The summed E-state index contributed by atoms with van der Waals surface area (Å²) in [5.74, 6) is -0.744. The van der Waals surface area contributed by atoms with Gasteiger partial charge in [0.25, 0.3) is 0 Å². The number of likely N-dealkylation sites (tertiary alicyclic amines) is 1. The number of hydrogen-bond donors (Lipinski definition) is 1. The molecule has 1 heterocycles. The van der Waals surface area contributed by atoms with Gasteiger partial charge in [-0.2, -0.15) is 0 Å². The number of hydrogen-bond acceptors (Lipinski definition) is 2. The minimum atomic E-state index is -0.634. The predicted molar refractivity (Wildman–Crippen MR) is 42.5 cm³/mol. The van der Waals surface area contributed by atoms with Gasteiger partial charge in [0.1, 0.15) is 0 Å². The Morgan fingerprint density at radius 2 is 2.27 bits per heavy atom. The van der Waals surface area contributed by atoms with Gasteiger partial charge in [0.05, 0.1) is 5.92 Å². The van der Waals surface area contributed by atoms with E-state index in [2.05, 4.69) is 11.8 Å². The number of carboxylic acids is 1. The van der Waals surface area contributed by atoms with Gasteiger partial charge >= 0.3 is 5.97 Å². The summed E-state index contributed by atoms with van der Waals surface area (Å²) in [6, 6.07) is 0.421. The molecule has 1 N–H and O–H groups in total. The van der Waals surface area contributed by atoms with Crippen LogP contribution in [-0.4, -0.2) is 35.6 Å². The van der Waals surface area contributed by atoms with Gasteiger partial charge in [-0.15, -0.1) is 0 Å². The molecule has 3 nitrogen and oxygen atoms in total. The van der Waals surface area contributed by atoms with E-state index in [0.717, 1.165) is 19.4 Å². The molecule has 0 aromatic carbocycles. The van der Waals surface area contributed by atoms with Crippen LogP contribution in [0.2, 0.25) is 0 Å². The second-order valence-corrected chi connectivity index (χ2v) is 3.39. The largest absolute Gasteiger partial charge is 0.481 e. The van der Waals surface area contributed by atoms with Gasteiger partial charge in [0.15, 0.2) is 0 Å². The van der Waals surface area contributed by atoms with Crippen molar-refractivity contribution < 1.29 is 9.90 Å². The maximum atomic E-state index is 10.6. The number of rotatable bonds is 1. The third kappa shape index (κ3) is 1.93. The molecule has 1 aliphatic rings. The second kappa shape index (κ2) is 3.22. The lowest BCUT2D eigenvalue weighted by atomic mass is 9.92. The summed E-state index contributed by atoms with van der Waals surface area (Å²) >= 11 is 0. The summed E-state index contributed by atoms with van der Waals surface area (Å²) in [7, 11) is 2.04. The van der Waals surface area contributed by atoms with Gasteiger partial charge in [-0.1, -0.05) is 0 Å². The van der Waals surface area contributed by atoms with E-state index < -0.39 is 5.97 Å². The Kier molecular flexibility index (Phi) is 2.49. The highest BCUT2D eigenvalue weighted by Crippen LogP contribution is 2.21. The molecule has 1 saturated heterocycles. The van der Waals surface area contributed by atoms with Crippen molar-refractivity contribution in [2.45, 2.75) is 25.8 Å². The molecular weight excluding hydrogens is 142 g/mol. The van der Waals surface area contributed by atoms with Crippen molar-refractivity contribution in [2.75, 3.05) is 13.6 Å². The topological polar surface area (TPSA) is 40.5 Å². The summed E-state index contributed by atoms with van der Waals surface area (Å²) < 4.78 is 0. The Labute approximate surface area is 67.0 Å². The Morgan fingerprint density at radius 1 is 1.64 bits per heavy atom. The van der Waals surface area contributed by atoms with Crippen LogP contribution < -0.4 is 0 Å². The molecule has 0 unspecified atom stereocenters. The molecule has 1 fully saturated rings. The molecule has 0 aliphatic carbocycles. The quantitative estimate of drug-likeness (QED) is 0.612. The van der Waals surface area contributed by atoms with E-state index in [0.29, 0.717) is 6.04 Å². The van der Waals surface area contributed by atoms with E-state index in [1.54, 1.807) is 0 Å². The van der Waals surface area contributed by atoms with Crippen LogP contribution in [0, 0.1) is 5.92 Å². The Morgan fingerprint density at radius 3 is 2.73 bits per heavy atom. The first-order valence-corrected chi connectivity index (χ1v) is 4.04. The van der Waals surface area contributed by atoms with Crippen molar-refractivity contribution in [3.05, 3.63) is 0 Å². The van der Waals surface area contributed by atoms with Gasteiger partial charge in [-0.05, 0) is 33.4 Å². The van der Waals surface area contributed by atoms with Gasteiger partial charge in [-0.3, -0.25) is 4.79 Å². The molecule has 0 amide bonds. The minimum Gasteiger partial charge on any atom is -0.481 e. The van der Waals surface area contributed by atoms with E-state index in [1.165, 1.54) is 0 Å². The van der Waals surface area contributed by atoms with E-state index in [1.807, 2.05) is 7.05 Å². The van der Waals surface area contributed by atoms with Crippen molar-refractivity contribution in [1.82, 2.24) is 4.90 Å². The van der Waals surface area contributed by atoms with E-state index in [4.69, 9.17) is 5.11 Å². The summed E-state index contributed by atoms with van der Waals surface area (Å²) in [6.45, 7) is 2.99. The van der Waals surface area contributed by atoms with Gasteiger partial charge in [0.2, 0.25) is 0 Å². The van der Waals surface area contributed by atoms with Gasteiger partial charge < -0.3 is 10.0 Å². The van der Waals surface area contributed by atoms with E-state index in [-0.39, 0.29) is 5.92 Å². The maximum absolute atomic E-state index is 10.6. The molecule has 1 rings (SSSR count). The number of carboxylic acid groups (broad SMARTS) is 1. The highest BCUT2D eigenvalue weighted by atomic mass is 16.4. The van der Waals surface area contributed by atoms with Crippen LogP contribution in [0.3, 0.4) is 0 Å². The fraction of sp³-hybridized carbons (Fsp3) is 0.875. The monoisotopic (exact) mass is 157 g/mol. The van der Waals surface area contributed by atoms with E-state index in [9.17, 15) is 4.79 Å². The van der Waals surface area contributed by atoms with Crippen LogP contribution in [-0.2, 0) is 4.79 Å². The first-order valence-electron chi connectivity index (χ1n) is 4.04. The zero-order valence-electron chi connectivity index (χ0n) is 7.08. The molecule has 0 aromatic rings. The summed E-state index contributed by atoms with van der Waals surface area (Å²) in [5, 5.41) is 8.72. The fourth-order valence-electron chi connectivity index (χ4n) is 1.51. The smallest absolute Gasteiger partial charge is 0.306 e. The van der Waals surface area contributed by atoms with Crippen LogP contribution in [0.1, 0.15) is 19.8 Å². The van der Waals surface area contributed by atoms with Crippen LogP contribution in [0.25, 0.3) is 0 Å². The number of piperidine rings is 1. The second-order valence-electron chi connectivity index (χ2n) is 3.39. The third-order valence-corrected chi connectivity index (χ3v) is 2.56. The predicted octanol–water partition coefficient (Wildman–Crippen LogP) is 0.801. The summed E-state index contributed by atoms with van der Waals surface area (Å²) in [5.41, 5.74) is 0. The summed E-state index contributed by atoms with van der Waals surface area (Å²) in [6.07, 6.45) is 1.60. The molecule has 64 valence electrons. The molecule has 2 atom stereocenters. The minimum absolute atomic E-state index is 0.110. The van der Waals surface area contributed by atoms with Crippen molar-refractivity contribution in [3.63, 3.8) is 0 Å². The van der Waals surface area contributed by atoms with Crippen LogP contribution in [0.5, 0.6) is 0 Å². The van der Waals surface area contributed by atoms with E-state index >= 15 is 0 Å². The lowest BCUT2D eigenvalue weighted by Crippen LogP contribution is -2.39. The van der Waals surface area contributed by atoms with Crippen molar-refractivity contribution in [2.24, 2.45) is 5.92 Å². The zero-order chi connectivity index (χ0) is 8.43. The highest BCUT2D eigenvalue weighted by Gasteiger charge is 2.27. The fourth-order valence-corrected chi connectivity index (χ4v) is 1.51. The van der Waals surface area contributed by atoms with Crippen LogP contribution >= 0.6 is 0 Å². The Balaban J connectivity index is 2.46. The zero-order valence-corrected chi connectivity index (χ0v) is 7.08. The molecule has 0 bridgehead atoms. The van der Waals surface area contributed by atoms with Gasteiger partial charge in [-0.25, -0.2) is 0 Å². The average molecular weight is 157 g/mol. The highest BCUT2D eigenvalue weighted by molar-refractivity contribution is 5.70. The molecule has 11 heavy (non-hydrogen) atoms. The van der Waals surface area contributed by atoms with Crippen molar-refractivity contribution in [3.8, 4) is 0 Å². The van der Waals surface area contributed by atoms with Crippen LogP contribution in [0.15, 0.2) is 0 Å². The molecule has 0 spiro atoms. The number of nitrogens with zero attached hydrogens (tertiary/aromatic N) is 1. The lowest BCUT2D eigenvalue weighted by molar-refractivity contribution is -0.143. The molecule has 0 aromatic heterocycles. The normalized spacial score (nSPS) is 33.6. The molecule has 1 aliphatic heterocycles. The number of aliphatic carboxylic acids is 1. The van der Waals surface area contributed by atoms with Crippen molar-refractivity contribution >= 4 is 5.97 Å². The lowest BCUT2D eigenvalue weighted by Gasteiger charge is -2.32. The molecule has 0 radical (unpaired) electrons. The summed E-state index contributed by atoms with van der Waals surface area (Å²) in [4.78, 5) is 12.8. The molecule has 0 saturated carbocycles. The average Bonchev–Trinajstić information content (AvgIpc) is 1.94. The maximum Gasteiger partial charge on any atom is 0.306 e. The van der Waals surface area contributed by atoms with Gasteiger partial charge in [0, 0.05) is 6.04 Å². The molecule has 3 heteroatoms. The SMILES string of the molecule is C[C@@H]1C[C@@H](C(=O)O)CCN1C. The number of carbonyl (C=O) groups is 1. The third-order valence-electron chi connectivity index (χ3n) is 2.56. The Bertz CT molecular complexity index is 158. The standard InChI is InChI=1S/C8H15NO2/c1-6-5-7(8(10)11)3-4-9(6)2/h6-7H,3-5H2,1-2H3,(H,10,11)/t6-,7+/m1/s1. The first-order chi connectivity index (χ1) is 5.11. The van der Waals surface area contributed by atoms with Crippen molar-refractivity contribution in [1.29, 1.82) is 0 Å². The van der Waals surface area contributed by atoms with Crippen LogP contribution in [0.4, 0.5) is 0 Å².